The molecule has 0 saturated carbocycles. The minimum absolute atomic E-state index is 0.0390. The van der Waals surface area contributed by atoms with Crippen molar-refractivity contribution in [2.75, 3.05) is 5.32 Å². The number of hydrogen-bond donors (Lipinski definition) is 2. The van der Waals surface area contributed by atoms with Gasteiger partial charge >= 0.3 is 6.18 Å². The van der Waals surface area contributed by atoms with Gasteiger partial charge in [-0.1, -0.05) is 23.2 Å². The number of amides is 1. The molecule has 1 aromatic carbocycles. The highest BCUT2D eigenvalue weighted by molar-refractivity contribution is 6.42. The van der Waals surface area contributed by atoms with Crippen molar-refractivity contribution >= 4 is 34.8 Å². The van der Waals surface area contributed by atoms with Crippen molar-refractivity contribution in [1.29, 1.82) is 0 Å². The summed E-state index contributed by atoms with van der Waals surface area (Å²) in [5.41, 5.74) is 1.58. The molecule has 1 atom stereocenters. The first-order chi connectivity index (χ1) is 7.68. The molecule has 2 rings (SSSR count). The van der Waals surface area contributed by atoms with E-state index < -0.39 is 23.2 Å². The predicted molar refractivity (Wildman–Crippen MR) is 57.0 cm³/mol. The molecule has 0 aliphatic carbocycles. The molecule has 1 aromatic rings. The SMILES string of the molecule is NC1(C(F)(F)F)C(=O)Nc2cc(Cl)c(Cl)cc21. The van der Waals surface area contributed by atoms with E-state index in [9.17, 15) is 18.0 Å². The molecule has 1 aliphatic rings. The van der Waals surface area contributed by atoms with Gasteiger partial charge in [0.25, 0.3) is 5.91 Å². The molecule has 1 unspecified atom stereocenters. The molecule has 1 aliphatic heterocycles. The van der Waals surface area contributed by atoms with Crippen LogP contribution in [-0.2, 0) is 10.3 Å². The van der Waals surface area contributed by atoms with Gasteiger partial charge in [-0.15, -0.1) is 0 Å². The Morgan fingerprint density at radius 1 is 1.24 bits per heavy atom. The summed E-state index contributed by atoms with van der Waals surface area (Å²) in [6.07, 6.45) is -4.92. The monoisotopic (exact) mass is 284 g/mol. The summed E-state index contributed by atoms with van der Waals surface area (Å²) in [5, 5.41) is 1.98. The summed E-state index contributed by atoms with van der Waals surface area (Å²) >= 11 is 11.3. The molecule has 0 saturated heterocycles. The number of nitrogens with one attached hydrogen (secondary N) is 1. The molecular weight excluding hydrogens is 280 g/mol. The van der Waals surface area contributed by atoms with E-state index in [4.69, 9.17) is 28.9 Å². The number of halogens is 5. The first-order valence-corrected chi connectivity index (χ1v) is 5.10. The van der Waals surface area contributed by atoms with E-state index in [1.807, 2.05) is 5.32 Å². The molecule has 1 amide bonds. The number of benzene rings is 1. The summed E-state index contributed by atoms with van der Waals surface area (Å²) in [6.45, 7) is 0. The summed E-state index contributed by atoms with van der Waals surface area (Å²) < 4.78 is 38.5. The van der Waals surface area contributed by atoms with Gasteiger partial charge in [0, 0.05) is 11.3 Å². The van der Waals surface area contributed by atoms with Crippen molar-refractivity contribution in [3.63, 3.8) is 0 Å². The number of rotatable bonds is 0. The maximum absolute atomic E-state index is 12.8. The maximum atomic E-state index is 12.8. The second-order valence-corrected chi connectivity index (χ2v) is 4.39. The normalized spacial score (nSPS) is 23.5. The van der Waals surface area contributed by atoms with Crippen molar-refractivity contribution in [1.82, 2.24) is 0 Å². The Morgan fingerprint density at radius 3 is 2.29 bits per heavy atom. The third-order valence-electron chi connectivity index (χ3n) is 2.54. The summed E-state index contributed by atoms with van der Waals surface area (Å²) in [5.74, 6) is -1.35. The zero-order valence-corrected chi connectivity index (χ0v) is 9.54. The smallest absolute Gasteiger partial charge is 0.323 e. The van der Waals surface area contributed by atoms with Crippen LogP contribution in [-0.4, -0.2) is 12.1 Å². The molecule has 3 nitrogen and oxygen atoms in total. The van der Waals surface area contributed by atoms with Crippen molar-refractivity contribution in [3.05, 3.63) is 27.7 Å². The Balaban J connectivity index is 2.70. The summed E-state index contributed by atoms with van der Waals surface area (Å²) in [4.78, 5) is 11.4. The molecule has 0 radical (unpaired) electrons. The highest BCUT2D eigenvalue weighted by Gasteiger charge is 2.62. The lowest BCUT2D eigenvalue weighted by molar-refractivity contribution is -0.189. The van der Waals surface area contributed by atoms with E-state index >= 15 is 0 Å². The average Bonchev–Trinajstić information content (AvgIpc) is 2.42. The summed E-state index contributed by atoms with van der Waals surface area (Å²) in [6, 6.07) is 2.09. The third kappa shape index (κ3) is 1.59. The fourth-order valence-corrected chi connectivity index (χ4v) is 1.93. The largest absolute Gasteiger partial charge is 0.419 e. The Hall–Kier alpha value is -0.980. The Kier molecular flexibility index (Phi) is 2.57. The van der Waals surface area contributed by atoms with Crippen LogP contribution in [0.1, 0.15) is 5.56 Å². The van der Waals surface area contributed by atoms with Crippen LogP contribution < -0.4 is 11.1 Å². The van der Waals surface area contributed by atoms with Crippen LogP contribution in [0, 0.1) is 0 Å². The van der Waals surface area contributed by atoms with Gasteiger partial charge in [0.2, 0.25) is 5.54 Å². The highest BCUT2D eigenvalue weighted by Crippen LogP contribution is 2.47. The number of hydrogen-bond acceptors (Lipinski definition) is 2. The van der Waals surface area contributed by atoms with Crippen LogP contribution in [0.15, 0.2) is 12.1 Å². The van der Waals surface area contributed by atoms with E-state index in [-0.39, 0.29) is 15.7 Å². The van der Waals surface area contributed by atoms with E-state index in [0.717, 1.165) is 12.1 Å². The molecule has 92 valence electrons. The van der Waals surface area contributed by atoms with Crippen LogP contribution in [0.4, 0.5) is 18.9 Å². The van der Waals surface area contributed by atoms with E-state index in [2.05, 4.69) is 0 Å². The molecule has 3 N–H and O–H groups in total. The molecule has 0 bridgehead atoms. The zero-order valence-electron chi connectivity index (χ0n) is 8.03. The second kappa shape index (κ2) is 3.51. The number of carbonyl (C=O) groups is 1. The predicted octanol–water partition coefficient (Wildman–Crippen LogP) is 2.66. The zero-order chi connectivity index (χ0) is 13.0. The van der Waals surface area contributed by atoms with E-state index in [0.29, 0.717) is 0 Å². The fraction of sp³-hybridized carbons (Fsp3) is 0.222. The molecular formula is C9H5Cl2F3N2O. The van der Waals surface area contributed by atoms with Crippen LogP contribution in [0.5, 0.6) is 0 Å². The van der Waals surface area contributed by atoms with Crippen molar-refractivity contribution in [2.24, 2.45) is 5.73 Å². The molecule has 1 heterocycles. The molecule has 0 fully saturated rings. The topological polar surface area (TPSA) is 55.1 Å². The van der Waals surface area contributed by atoms with E-state index in [1.54, 1.807) is 0 Å². The van der Waals surface area contributed by atoms with Crippen molar-refractivity contribution in [3.8, 4) is 0 Å². The Morgan fingerprint density at radius 2 is 1.76 bits per heavy atom. The van der Waals surface area contributed by atoms with Crippen LogP contribution in [0.3, 0.4) is 0 Å². The van der Waals surface area contributed by atoms with Crippen LogP contribution in [0.2, 0.25) is 10.0 Å². The van der Waals surface area contributed by atoms with Gasteiger partial charge in [0.05, 0.1) is 10.0 Å². The first-order valence-electron chi connectivity index (χ1n) is 4.34. The standard InChI is InChI=1S/C9H5Cl2F3N2O/c10-4-1-3-6(2-5(4)11)16-7(17)8(3,15)9(12,13)14/h1-2H,15H2,(H,16,17). The maximum Gasteiger partial charge on any atom is 0.419 e. The fourth-order valence-electron chi connectivity index (χ4n) is 1.60. The third-order valence-corrected chi connectivity index (χ3v) is 3.26. The van der Waals surface area contributed by atoms with Gasteiger partial charge in [-0.05, 0) is 12.1 Å². The molecule has 0 spiro atoms. The lowest BCUT2D eigenvalue weighted by Gasteiger charge is -2.25. The van der Waals surface area contributed by atoms with Gasteiger partial charge in [-0.3, -0.25) is 4.79 Å². The van der Waals surface area contributed by atoms with Gasteiger partial charge in [0.1, 0.15) is 0 Å². The molecule has 17 heavy (non-hydrogen) atoms. The number of anilines is 1. The van der Waals surface area contributed by atoms with Crippen molar-refractivity contribution in [2.45, 2.75) is 11.7 Å². The van der Waals surface area contributed by atoms with Crippen LogP contribution >= 0.6 is 23.2 Å². The van der Waals surface area contributed by atoms with Gasteiger partial charge in [-0.25, -0.2) is 0 Å². The average molecular weight is 285 g/mol. The quantitative estimate of drug-likeness (QED) is 0.770. The van der Waals surface area contributed by atoms with E-state index in [1.165, 1.54) is 0 Å². The lowest BCUT2D eigenvalue weighted by Crippen LogP contribution is -2.55. The number of nitrogens with two attached hydrogens (primary N) is 1. The Bertz CT molecular complexity index is 518. The number of alkyl halides is 3. The number of fused-ring (bicyclic) bond motifs is 1. The second-order valence-electron chi connectivity index (χ2n) is 3.57. The lowest BCUT2D eigenvalue weighted by atomic mass is 9.92. The number of carbonyl (C=O) groups excluding carboxylic acids is 1. The minimum Gasteiger partial charge on any atom is -0.323 e. The van der Waals surface area contributed by atoms with Crippen LogP contribution in [0.25, 0.3) is 0 Å². The minimum atomic E-state index is -4.92. The molecule has 0 aromatic heterocycles. The van der Waals surface area contributed by atoms with Gasteiger partial charge < -0.3 is 11.1 Å². The first kappa shape index (κ1) is 12.5. The Labute approximate surface area is 104 Å². The van der Waals surface area contributed by atoms with Crippen molar-refractivity contribution < 1.29 is 18.0 Å². The highest BCUT2D eigenvalue weighted by atomic mass is 35.5. The molecule has 8 heteroatoms. The summed E-state index contributed by atoms with van der Waals surface area (Å²) in [7, 11) is 0. The van der Waals surface area contributed by atoms with Gasteiger partial charge in [-0.2, -0.15) is 13.2 Å². The van der Waals surface area contributed by atoms with Gasteiger partial charge in [0.15, 0.2) is 0 Å².